The van der Waals surface area contributed by atoms with Crippen LogP contribution in [-0.4, -0.2) is 50.6 Å². The van der Waals surface area contributed by atoms with Crippen LogP contribution in [0, 0.1) is 17.8 Å². The number of fused-ring (bicyclic) bond motifs is 3. The summed E-state index contributed by atoms with van der Waals surface area (Å²) in [6, 6.07) is 0. The van der Waals surface area contributed by atoms with Crippen molar-refractivity contribution in [3.8, 4) is 0 Å². The van der Waals surface area contributed by atoms with E-state index in [1.165, 1.54) is 0 Å². The summed E-state index contributed by atoms with van der Waals surface area (Å²) in [6.45, 7) is 3.14. The lowest BCUT2D eigenvalue weighted by Gasteiger charge is -2.47. The fourth-order valence-electron chi connectivity index (χ4n) is 3.56. The molecular formula is C13H18O6. The van der Waals surface area contributed by atoms with Gasteiger partial charge in [0, 0.05) is 24.2 Å². The van der Waals surface area contributed by atoms with Crippen molar-refractivity contribution in [1.82, 2.24) is 0 Å². The van der Waals surface area contributed by atoms with Crippen molar-refractivity contribution >= 4 is 12.6 Å². The summed E-state index contributed by atoms with van der Waals surface area (Å²) >= 11 is 0. The van der Waals surface area contributed by atoms with Crippen molar-refractivity contribution in [2.75, 3.05) is 19.8 Å². The molecule has 0 aromatic carbocycles. The van der Waals surface area contributed by atoms with Crippen LogP contribution in [0.4, 0.5) is 0 Å². The zero-order valence-corrected chi connectivity index (χ0v) is 10.8. The van der Waals surface area contributed by atoms with E-state index in [0.717, 1.165) is 12.6 Å². The Balaban J connectivity index is 1.99. The van der Waals surface area contributed by atoms with Gasteiger partial charge in [-0.15, -0.1) is 0 Å². The predicted molar refractivity (Wildman–Crippen MR) is 62.1 cm³/mol. The van der Waals surface area contributed by atoms with E-state index in [2.05, 4.69) is 0 Å². The van der Waals surface area contributed by atoms with Crippen LogP contribution in [0.2, 0.25) is 0 Å². The molecule has 0 unspecified atom stereocenters. The minimum absolute atomic E-state index is 0.116. The highest BCUT2D eigenvalue weighted by atomic mass is 16.8. The molecule has 106 valence electrons. The number of carbonyl (C=O) groups is 2. The third-order valence-corrected chi connectivity index (χ3v) is 4.33. The van der Waals surface area contributed by atoms with Crippen LogP contribution in [0.1, 0.15) is 13.3 Å². The third kappa shape index (κ3) is 1.86. The Kier molecular flexibility index (Phi) is 3.42. The molecule has 3 saturated heterocycles. The first kappa shape index (κ1) is 13.2. The highest BCUT2D eigenvalue weighted by Crippen LogP contribution is 2.50. The molecule has 1 spiro atoms. The average molecular weight is 270 g/mol. The van der Waals surface area contributed by atoms with Gasteiger partial charge >= 0.3 is 0 Å². The first-order valence-electron chi connectivity index (χ1n) is 6.67. The lowest BCUT2D eigenvalue weighted by molar-refractivity contribution is -0.344. The van der Waals surface area contributed by atoms with Crippen molar-refractivity contribution < 1.29 is 28.5 Å². The summed E-state index contributed by atoms with van der Waals surface area (Å²) in [5.41, 5.74) is 0. The van der Waals surface area contributed by atoms with Gasteiger partial charge in [-0.05, 0) is 0 Å². The molecule has 0 aliphatic carbocycles. The van der Waals surface area contributed by atoms with Gasteiger partial charge in [-0.1, -0.05) is 6.92 Å². The molecule has 3 heterocycles. The summed E-state index contributed by atoms with van der Waals surface area (Å²) in [6.07, 6.45) is 1.30. The maximum absolute atomic E-state index is 11.2. The summed E-state index contributed by atoms with van der Waals surface area (Å²) < 4.78 is 22.9. The van der Waals surface area contributed by atoms with Gasteiger partial charge in [-0.2, -0.15) is 0 Å². The van der Waals surface area contributed by atoms with Gasteiger partial charge in [0.2, 0.25) is 12.1 Å². The molecule has 2 bridgehead atoms. The molecule has 0 aromatic heterocycles. The van der Waals surface area contributed by atoms with Gasteiger partial charge in [0.15, 0.2) is 0 Å². The van der Waals surface area contributed by atoms with E-state index in [1.807, 2.05) is 6.92 Å². The molecular weight excluding hydrogens is 252 g/mol. The first-order chi connectivity index (χ1) is 9.23. The number of aldehydes is 2. The Labute approximate surface area is 111 Å². The lowest BCUT2D eigenvalue weighted by Crippen LogP contribution is -2.60. The molecule has 0 radical (unpaired) electrons. The highest BCUT2D eigenvalue weighted by molar-refractivity contribution is 5.55. The second-order valence-corrected chi connectivity index (χ2v) is 5.35. The maximum Gasteiger partial charge on any atom is 0.224 e. The molecule has 6 nitrogen and oxygen atoms in total. The Hall–Kier alpha value is -0.820. The van der Waals surface area contributed by atoms with Gasteiger partial charge in [-0.25, -0.2) is 0 Å². The molecule has 19 heavy (non-hydrogen) atoms. The van der Waals surface area contributed by atoms with Crippen LogP contribution < -0.4 is 0 Å². The van der Waals surface area contributed by atoms with E-state index in [0.29, 0.717) is 26.2 Å². The number of hydrogen-bond donors (Lipinski definition) is 0. The van der Waals surface area contributed by atoms with E-state index in [9.17, 15) is 9.59 Å². The molecule has 3 aliphatic heterocycles. The number of carbonyl (C=O) groups excluding carboxylic acids is 2. The normalized spacial score (nSPS) is 41.3. The molecule has 0 N–H and O–H groups in total. The van der Waals surface area contributed by atoms with Gasteiger partial charge in [0.1, 0.15) is 12.6 Å². The molecule has 5 atom stereocenters. The smallest absolute Gasteiger partial charge is 0.224 e. The molecule has 3 aliphatic rings. The van der Waals surface area contributed by atoms with E-state index >= 15 is 0 Å². The summed E-state index contributed by atoms with van der Waals surface area (Å²) in [5.74, 6) is -1.65. The molecule has 3 rings (SSSR count). The fourth-order valence-corrected chi connectivity index (χ4v) is 3.56. The standard InChI is InChI=1S/C13H18O6/c1-8(6-15)11-9(2-3-14)10-7-16-12(19-10)13(11)17-4-5-18-13/h3,6,8-12H,2,4-5,7H2,1H3/t8-,9-,10-,11-,12-/m1/s1. The number of ether oxygens (including phenoxy) is 4. The molecule has 3 fully saturated rings. The van der Waals surface area contributed by atoms with Crippen molar-refractivity contribution in [3.05, 3.63) is 0 Å². The minimum atomic E-state index is -1.04. The molecule has 0 amide bonds. The maximum atomic E-state index is 11.2. The summed E-state index contributed by atoms with van der Waals surface area (Å²) in [4.78, 5) is 22.2. The molecule has 6 heteroatoms. The largest absolute Gasteiger partial charge is 0.345 e. The van der Waals surface area contributed by atoms with Crippen LogP contribution in [-0.2, 0) is 28.5 Å². The van der Waals surface area contributed by atoms with Crippen LogP contribution in [0.25, 0.3) is 0 Å². The fraction of sp³-hybridized carbons (Fsp3) is 0.846. The van der Waals surface area contributed by atoms with E-state index in [-0.39, 0.29) is 23.9 Å². The first-order valence-corrected chi connectivity index (χ1v) is 6.67. The van der Waals surface area contributed by atoms with E-state index in [4.69, 9.17) is 18.9 Å². The van der Waals surface area contributed by atoms with Crippen molar-refractivity contribution in [2.45, 2.75) is 31.5 Å². The predicted octanol–water partition coefficient (Wildman–Crippen LogP) is 0.141. The Morgan fingerprint density at radius 1 is 1.32 bits per heavy atom. The van der Waals surface area contributed by atoms with Gasteiger partial charge in [0.25, 0.3) is 0 Å². The summed E-state index contributed by atoms with van der Waals surface area (Å²) in [7, 11) is 0. The lowest BCUT2D eigenvalue weighted by atomic mass is 9.72. The monoisotopic (exact) mass is 270 g/mol. The second-order valence-electron chi connectivity index (χ2n) is 5.35. The SMILES string of the molecule is C[C@H](C=O)[C@@H]1[C@H](CC=O)[C@H]2CO[C@H](O2)C12OCCO2. The third-order valence-electron chi connectivity index (χ3n) is 4.33. The second kappa shape index (κ2) is 4.94. The van der Waals surface area contributed by atoms with E-state index < -0.39 is 12.1 Å². The zero-order chi connectivity index (χ0) is 13.5. The van der Waals surface area contributed by atoms with Crippen LogP contribution in [0.15, 0.2) is 0 Å². The quantitative estimate of drug-likeness (QED) is 0.677. The van der Waals surface area contributed by atoms with Gasteiger partial charge in [-0.3, -0.25) is 0 Å². The Morgan fingerprint density at radius 2 is 2.05 bits per heavy atom. The van der Waals surface area contributed by atoms with Gasteiger partial charge < -0.3 is 28.5 Å². The molecule has 0 saturated carbocycles. The Morgan fingerprint density at radius 3 is 2.68 bits per heavy atom. The average Bonchev–Trinajstić information content (AvgIpc) is 3.04. The van der Waals surface area contributed by atoms with E-state index in [1.54, 1.807) is 0 Å². The van der Waals surface area contributed by atoms with Crippen LogP contribution in [0.5, 0.6) is 0 Å². The van der Waals surface area contributed by atoms with Crippen molar-refractivity contribution in [3.63, 3.8) is 0 Å². The number of hydrogen-bond acceptors (Lipinski definition) is 6. The number of rotatable bonds is 4. The topological polar surface area (TPSA) is 71.1 Å². The zero-order valence-electron chi connectivity index (χ0n) is 10.8. The van der Waals surface area contributed by atoms with Crippen LogP contribution >= 0.6 is 0 Å². The summed E-state index contributed by atoms with van der Waals surface area (Å²) in [5, 5.41) is 0. The minimum Gasteiger partial charge on any atom is -0.345 e. The van der Waals surface area contributed by atoms with Crippen LogP contribution in [0.3, 0.4) is 0 Å². The van der Waals surface area contributed by atoms with Gasteiger partial charge in [0.05, 0.1) is 25.9 Å². The van der Waals surface area contributed by atoms with Crippen molar-refractivity contribution in [2.24, 2.45) is 17.8 Å². The Bertz CT molecular complexity index is 364. The van der Waals surface area contributed by atoms with Crippen molar-refractivity contribution in [1.29, 1.82) is 0 Å². The molecule has 0 aromatic rings. The highest BCUT2D eigenvalue weighted by Gasteiger charge is 2.64.